The highest BCUT2D eigenvalue weighted by molar-refractivity contribution is 5.89. The quantitative estimate of drug-likeness (QED) is 0.855. The van der Waals surface area contributed by atoms with Crippen LogP contribution >= 0.6 is 0 Å². The number of hydrogen-bond acceptors (Lipinski definition) is 2. The van der Waals surface area contributed by atoms with Gasteiger partial charge in [-0.25, -0.2) is 0 Å². The van der Waals surface area contributed by atoms with Crippen LogP contribution in [0.3, 0.4) is 0 Å². The van der Waals surface area contributed by atoms with Crippen LogP contribution in [0.5, 0.6) is 0 Å². The molecule has 1 aliphatic rings. The average Bonchev–Trinajstić information content (AvgIpc) is 2.59. The molecule has 0 spiro atoms. The Hall–Kier alpha value is -2.34. The molecular weight excluding hydrogens is 343 g/mol. The van der Waals surface area contributed by atoms with Crippen molar-refractivity contribution in [3.8, 4) is 0 Å². The Labute approximate surface area is 151 Å². The molecule has 6 heteroatoms. The van der Waals surface area contributed by atoms with E-state index in [1.54, 1.807) is 63.3 Å². The van der Waals surface area contributed by atoms with Gasteiger partial charge in [-0.05, 0) is 43.6 Å². The SMILES string of the molecule is C/C=C1\CO[C@](C(=O)NCc2ccccc2)(C(F)(F)F)C=C1C=C(C)C. The van der Waals surface area contributed by atoms with Crippen LogP contribution < -0.4 is 5.32 Å². The molecule has 1 aromatic carbocycles. The fourth-order valence-electron chi connectivity index (χ4n) is 2.66. The predicted octanol–water partition coefficient (Wildman–Crippen LogP) is 4.47. The van der Waals surface area contributed by atoms with Crippen LogP contribution in [-0.2, 0) is 16.1 Å². The first-order chi connectivity index (χ1) is 12.2. The molecule has 1 atom stereocenters. The van der Waals surface area contributed by atoms with E-state index in [0.29, 0.717) is 16.7 Å². The second-order valence-electron chi connectivity index (χ2n) is 6.33. The molecule has 140 valence electrons. The summed E-state index contributed by atoms with van der Waals surface area (Å²) in [5.41, 5.74) is -0.502. The molecule has 0 bridgehead atoms. The van der Waals surface area contributed by atoms with Gasteiger partial charge in [0.15, 0.2) is 0 Å². The number of carbonyl (C=O) groups excluding carboxylic acids is 1. The molecule has 1 aliphatic heterocycles. The molecule has 0 aromatic heterocycles. The zero-order valence-electron chi connectivity index (χ0n) is 15.0. The molecular formula is C20H22F3NO2. The molecule has 1 amide bonds. The fraction of sp³-hybridized carbons (Fsp3) is 0.350. The molecule has 3 nitrogen and oxygen atoms in total. The van der Waals surface area contributed by atoms with Crippen LogP contribution in [0, 0.1) is 0 Å². The second-order valence-corrected chi connectivity index (χ2v) is 6.33. The minimum atomic E-state index is -4.88. The number of allylic oxidation sites excluding steroid dienone is 3. The lowest BCUT2D eigenvalue weighted by Gasteiger charge is -2.36. The van der Waals surface area contributed by atoms with Crippen molar-refractivity contribution in [1.29, 1.82) is 0 Å². The third-order valence-electron chi connectivity index (χ3n) is 4.03. The number of benzene rings is 1. The highest BCUT2D eigenvalue weighted by atomic mass is 19.4. The predicted molar refractivity (Wildman–Crippen MR) is 94.3 cm³/mol. The van der Waals surface area contributed by atoms with Crippen LogP contribution in [0.2, 0.25) is 0 Å². The summed E-state index contributed by atoms with van der Waals surface area (Å²) in [4.78, 5) is 12.5. The number of carbonyl (C=O) groups is 1. The first-order valence-electron chi connectivity index (χ1n) is 8.26. The third kappa shape index (κ3) is 4.25. The number of halogens is 3. The standard InChI is InChI=1S/C20H22F3NO2/c1-4-16-13-26-19(20(21,22)23,11-17(16)10-14(2)3)18(25)24-12-15-8-6-5-7-9-15/h4-11H,12-13H2,1-3H3,(H,24,25)/b16-4+/t19-/m1/s1. The van der Waals surface area contributed by atoms with Gasteiger partial charge >= 0.3 is 6.18 Å². The van der Waals surface area contributed by atoms with Crippen LogP contribution in [0.4, 0.5) is 13.2 Å². The molecule has 0 saturated heterocycles. The topological polar surface area (TPSA) is 38.3 Å². The fourth-order valence-corrected chi connectivity index (χ4v) is 2.66. The van der Waals surface area contributed by atoms with Gasteiger partial charge in [0.2, 0.25) is 0 Å². The number of nitrogens with one attached hydrogen (secondary N) is 1. The van der Waals surface area contributed by atoms with Crippen LogP contribution in [0.1, 0.15) is 26.3 Å². The van der Waals surface area contributed by atoms with E-state index in [-0.39, 0.29) is 13.2 Å². The van der Waals surface area contributed by atoms with Gasteiger partial charge in [-0.1, -0.05) is 48.1 Å². The van der Waals surface area contributed by atoms with Gasteiger partial charge in [0.05, 0.1) is 6.61 Å². The van der Waals surface area contributed by atoms with E-state index in [1.807, 2.05) is 0 Å². The molecule has 0 radical (unpaired) electrons. The summed E-state index contributed by atoms with van der Waals surface area (Å²) in [7, 11) is 0. The molecule has 0 saturated carbocycles. The number of hydrogen-bond donors (Lipinski definition) is 1. The highest BCUT2D eigenvalue weighted by Crippen LogP contribution is 2.40. The lowest BCUT2D eigenvalue weighted by atomic mass is 9.90. The normalized spacial score (nSPS) is 21.9. The van der Waals surface area contributed by atoms with E-state index in [9.17, 15) is 18.0 Å². The van der Waals surface area contributed by atoms with E-state index >= 15 is 0 Å². The van der Waals surface area contributed by atoms with E-state index < -0.39 is 17.7 Å². The molecule has 1 aromatic rings. The molecule has 0 unspecified atom stereocenters. The lowest BCUT2D eigenvalue weighted by Crippen LogP contribution is -2.59. The number of ether oxygens (including phenoxy) is 1. The number of alkyl halides is 3. The average molecular weight is 365 g/mol. The summed E-state index contributed by atoms with van der Waals surface area (Å²) in [6.07, 6.45) is -0.691. The molecule has 1 heterocycles. The van der Waals surface area contributed by atoms with Crippen LogP contribution in [0.25, 0.3) is 0 Å². The molecule has 26 heavy (non-hydrogen) atoms. The summed E-state index contributed by atoms with van der Waals surface area (Å²) in [6.45, 7) is 5.00. The Kier molecular flexibility index (Phi) is 6.08. The van der Waals surface area contributed by atoms with E-state index in [0.717, 1.165) is 11.6 Å². The monoisotopic (exact) mass is 365 g/mol. The summed E-state index contributed by atoms with van der Waals surface area (Å²) in [6, 6.07) is 8.75. The van der Waals surface area contributed by atoms with Crippen molar-refractivity contribution in [3.63, 3.8) is 0 Å². The molecule has 0 fully saturated rings. The minimum absolute atomic E-state index is 0.0108. The van der Waals surface area contributed by atoms with Gasteiger partial charge in [0, 0.05) is 6.54 Å². The Morgan fingerprint density at radius 1 is 1.27 bits per heavy atom. The van der Waals surface area contributed by atoms with Crippen molar-refractivity contribution < 1.29 is 22.7 Å². The lowest BCUT2D eigenvalue weighted by molar-refractivity contribution is -0.249. The van der Waals surface area contributed by atoms with Crippen LogP contribution in [0.15, 0.2) is 65.3 Å². The van der Waals surface area contributed by atoms with Gasteiger partial charge in [-0.15, -0.1) is 0 Å². The summed E-state index contributed by atoms with van der Waals surface area (Å²) in [5.74, 6) is -1.22. The summed E-state index contributed by atoms with van der Waals surface area (Å²) >= 11 is 0. The maximum absolute atomic E-state index is 13.8. The Morgan fingerprint density at radius 3 is 2.46 bits per heavy atom. The summed E-state index contributed by atoms with van der Waals surface area (Å²) < 4.78 is 46.6. The first kappa shape index (κ1) is 20.0. The maximum atomic E-state index is 13.8. The van der Waals surface area contributed by atoms with Gasteiger partial charge in [-0.2, -0.15) is 13.2 Å². The second kappa shape index (κ2) is 7.91. The van der Waals surface area contributed by atoms with Crippen molar-refractivity contribution in [1.82, 2.24) is 5.32 Å². The highest BCUT2D eigenvalue weighted by Gasteiger charge is 2.61. The largest absolute Gasteiger partial charge is 0.430 e. The van der Waals surface area contributed by atoms with Gasteiger partial charge < -0.3 is 10.1 Å². The first-order valence-corrected chi connectivity index (χ1v) is 8.26. The van der Waals surface area contributed by atoms with Gasteiger partial charge in [-0.3, -0.25) is 4.79 Å². The van der Waals surface area contributed by atoms with E-state index in [4.69, 9.17) is 4.74 Å². The van der Waals surface area contributed by atoms with Crippen molar-refractivity contribution in [2.75, 3.05) is 6.61 Å². The Bertz CT molecular complexity index is 744. The van der Waals surface area contributed by atoms with Crippen molar-refractivity contribution in [2.45, 2.75) is 39.1 Å². The van der Waals surface area contributed by atoms with Crippen molar-refractivity contribution in [2.24, 2.45) is 0 Å². The van der Waals surface area contributed by atoms with Crippen molar-refractivity contribution >= 4 is 5.91 Å². The van der Waals surface area contributed by atoms with Crippen molar-refractivity contribution in [3.05, 3.63) is 70.8 Å². The summed E-state index contributed by atoms with van der Waals surface area (Å²) in [5, 5.41) is 2.35. The van der Waals surface area contributed by atoms with Gasteiger partial charge in [0.25, 0.3) is 11.5 Å². The molecule has 1 N–H and O–H groups in total. The third-order valence-corrected chi connectivity index (χ3v) is 4.03. The number of amides is 1. The van der Waals surface area contributed by atoms with E-state index in [1.165, 1.54) is 0 Å². The minimum Gasteiger partial charge on any atom is -0.349 e. The zero-order valence-corrected chi connectivity index (χ0v) is 15.0. The van der Waals surface area contributed by atoms with Crippen LogP contribution in [-0.4, -0.2) is 24.3 Å². The van der Waals surface area contributed by atoms with Gasteiger partial charge in [0.1, 0.15) is 0 Å². The Balaban J connectivity index is 2.39. The van der Waals surface area contributed by atoms with E-state index in [2.05, 4.69) is 5.32 Å². The Morgan fingerprint density at radius 2 is 1.92 bits per heavy atom. The molecule has 2 rings (SSSR count). The molecule has 0 aliphatic carbocycles. The maximum Gasteiger partial charge on any atom is 0.430 e. The zero-order chi connectivity index (χ0) is 19.4. The smallest absolute Gasteiger partial charge is 0.349 e. The number of rotatable bonds is 4.